The third-order valence-electron chi connectivity index (χ3n) is 5.84. The van der Waals surface area contributed by atoms with E-state index in [1.807, 2.05) is 74.5 Å². The number of ether oxygens (including phenoxy) is 1. The van der Waals surface area contributed by atoms with Gasteiger partial charge in [0.2, 0.25) is 10.0 Å². The summed E-state index contributed by atoms with van der Waals surface area (Å²) in [6.45, 7) is 5.81. The number of hydrogen-bond donors (Lipinski definition) is 1. The van der Waals surface area contributed by atoms with Gasteiger partial charge in [-0.25, -0.2) is 18.2 Å². The highest BCUT2D eigenvalue weighted by molar-refractivity contribution is 7.89. The first-order valence-electron chi connectivity index (χ1n) is 12.4. The highest BCUT2D eigenvalue weighted by Crippen LogP contribution is 2.32. The number of benzene rings is 3. The monoisotopic (exact) mass is 563 g/mol. The van der Waals surface area contributed by atoms with E-state index < -0.39 is 21.9 Å². The van der Waals surface area contributed by atoms with Crippen LogP contribution in [0.25, 0.3) is 11.3 Å². The zero-order chi connectivity index (χ0) is 28.0. The smallest absolute Gasteiger partial charge is 0.350 e. The van der Waals surface area contributed by atoms with Gasteiger partial charge in [0.1, 0.15) is 4.88 Å². The van der Waals surface area contributed by atoms with Crippen molar-refractivity contribution in [3.05, 3.63) is 101 Å². The lowest BCUT2D eigenvalue weighted by Crippen LogP contribution is -2.36. The topological polar surface area (TPSA) is 106 Å². The second-order valence-electron chi connectivity index (χ2n) is 8.89. The summed E-state index contributed by atoms with van der Waals surface area (Å²) in [7, 11) is -3.81. The van der Waals surface area contributed by atoms with Crippen molar-refractivity contribution in [1.82, 2.24) is 9.29 Å². The summed E-state index contributed by atoms with van der Waals surface area (Å²) in [6, 6.07) is 24.0. The average Bonchev–Trinajstić information content (AvgIpc) is 3.36. The number of amides is 1. The summed E-state index contributed by atoms with van der Waals surface area (Å²) in [6.07, 6.45) is 0. The van der Waals surface area contributed by atoms with E-state index >= 15 is 0 Å². The number of rotatable bonds is 10. The van der Waals surface area contributed by atoms with E-state index in [4.69, 9.17) is 4.74 Å². The van der Waals surface area contributed by atoms with E-state index in [1.165, 1.54) is 28.6 Å². The van der Waals surface area contributed by atoms with Gasteiger partial charge >= 0.3 is 5.97 Å². The molecule has 1 heterocycles. The van der Waals surface area contributed by atoms with Gasteiger partial charge in [-0.1, -0.05) is 72.0 Å². The van der Waals surface area contributed by atoms with Gasteiger partial charge in [-0.15, -0.1) is 0 Å². The van der Waals surface area contributed by atoms with Crippen molar-refractivity contribution < 1.29 is 22.7 Å². The van der Waals surface area contributed by atoms with Gasteiger partial charge in [-0.2, -0.15) is 4.31 Å². The van der Waals surface area contributed by atoms with Crippen molar-refractivity contribution in [3.63, 3.8) is 0 Å². The first kappa shape index (κ1) is 28.2. The zero-order valence-electron chi connectivity index (χ0n) is 21.8. The van der Waals surface area contributed by atoms with Crippen LogP contribution >= 0.6 is 11.3 Å². The van der Waals surface area contributed by atoms with Crippen LogP contribution in [0.3, 0.4) is 0 Å². The van der Waals surface area contributed by atoms with E-state index in [2.05, 4.69) is 10.3 Å². The molecular formula is C29H29N3O5S2. The molecule has 0 aliphatic rings. The maximum Gasteiger partial charge on any atom is 0.350 e. The highest BCUT2D eigenvalue weighted by atomic mass is 32.2. The maximum atomic E-state index is 13.4. The first-order valence-corrected chi connectivity index (χ1v) is 14.7. The van der Waals surface area contributed by atoms with Crippen LogP contribution in [0.2, 0.25) is 0 Å². The van der Waals surface area contributed by atoms with Crippen LogP contribution in [0.4, 0.5) is 5.13 Å². The molecule has 0 atom stereocenters. The standard InChI is InChI=1S/C29H29N3O5S2/c1-4-37-28(34)26-25(22-13-9-6-10-14-22)30-29(38-26)31-27(33)23-15-17-24(18-16-23)39(35,36)32(20(2)3)19-21-11-7-5-8-12-21/h5-18,20H,4,19H2,1-3H3,(H,30,31,33). The lowest BCUT2D eigenvalue weighted by atomic mass is 10.1. The van der Waals surface area contributed by atoms with E-state index in [0.717, 1.165) is 22.5 Å². The Kier molecular flexibility index (Phi) is 8.90. The highest BCUT2D eigenvalue weighted by Gasteiger charge is 2.28. The van der Waals surface area contributed by atoms with Crippen molar-refractivity contribution in [2.45, 2.75) is 38.3 Å². The Hall–Kier alpha value is -3.86. The minimum Gasteiger partial charge on any atom is -0.462 e. The molecule has 202 valence electrons. The number of carbonyl (C=O) groups is 2. The van der Waals surface area contributed by atoms with E-state index in [-0.39, 0.29) is 39.7 Å². The van der Waals surface area contributed by atoms with E-state index in [9.17, 15) is 18.0 Å². The molecule has 1 N–H and O–H groups in total. The molecule has 4 aromatic rings. The molecule has 10 heteroatoms. The van der Waals surface area contributed by atoms with Gasteiger partial charge in [0, 0.05) is 23.7 Å². The molecule has 0 aliphatic heterocycles. The van der Waals surface area contributed by atoms with Crippen molar-refractivity contribution in [2.24, 2.45) is 0 Å². The lowest BCUT2D eigenvalue weighted by Gasteiger charge is -2.26. The fraction of sp³-hybridized carbons (Fsp3) is 0.207. The SMILES string of the molecule is CCOC(=O)c1sc(NC(=O)c2ccc(S(=O)(=O)N(Cc3ccccc3)C(C)C)cc2)nc1-c1ccccc1. The molecule has 0 saturated heterocycles. The molecule has 39 heavy (non-hydrogen) atoms. The van der Waals surface area contributed by atoms with Crippen LogP contribution < -0.4 is 5.32 Å². The zero-order valence-corrected chi connectivity index (χ0v) is 23.5. The van der Waals surface area contributed by atoms with Gasteiger partial charge < -0.3 is 4.74 Å². The third-order valence-corrected chi connectivity index (χ3v) is 8.82. The molecule has 0 aliphatic carbocycles. The van der Waals surface area contributed by atoms with Crippen LogP contribution in [0.15, 0.2) is 89.8 Å². The number of thiazole rings is 1. The summed E-state index contributed by atoms with van der Waals surface area (Å²) >= 11 is 1.02. The third kappa shape index (κ3) is 6.59. The van der Waals surface area contributed by atoms with Crippen LogP contribution in [-0.2, 0) is 21.3 Å². The Morgan fingerprint density at radius 3 is 2.15 bits per heavy atom. The molecule has 1 aromatic heterocycles. The molecule has 0 fully saturated rings. The van der Waals surface area contributed by atoms with Crippen molar-refractivity contribution >= 4 is 38.4 Å². The number of nitrogens with one attached hydrogen (secondary N) is 1. The van der Waals surface area contributed by atoms with Crippen LogP contribution in [0, 0.1) is 0 Å². The number of anilines is 1. The minimum atomic E-state index is -3.81. The first-order chi connectivity index (χ1) is 18.7. The Balaban J connectivity index is 1.55. The molecule has 0 unspecified atom stereocenters. The molecule has 4 rings (SSSR count). The van der Waals surface area contributed by atoms with Gasteiger partial charge in [0.25, 0.3) is 5.91 Å². The Morgan fingerprint density at radius 1 is 0.949 bits per heavy atom. The number of nitrogens with zero attached hydrogens (tertiary/aromatic N) is 2. The predicted octanol–water partition coefficient (Wildman–Crippen LogP) is 5.84. The Bertz CT molecular complexity index is 1540. The molecule has 8 nitrogen and oxygen atoms in total. The lowest BCUT2D eigenvalue weighted by molar-refractivity contribution is 0.0532. The normalized spacial score (nSPS) is 11.5. The van der Waals surface area contributed by atoms with Crippen LogP contribution in [0.1, 0.15) is 46.4 Å². The van der Waals surface area contributed by atoms with Gasteiger partial charge in [0.05, 0.1) is 17.2 Å². The Labute approximate surface area is 232 Å². The van der Waals surface area contributed by atoms with Gasteiger partial charge in [-0.05, 0) is 50.6 Å². The van der Waals surface area contributed by atoms with Crippen LogP contribution in [-0.4, -0.2) is 42.2 Å². The molecule has 0 bridgehead atoms. The molecule has 0 saturated carbocycles. The molecule has 0 spiro atoms. The number of aromatic nitrogens is 1. The minimum absolute atomic E-state index is 0.0916. The summed E-state index contributed by atoms with van der Waals surface area (Å²) < 4.78 is 33.4. The summed E-state index contributed by atoms with van der Waals surface area (Å²) in [5.74, 6) is -0.998. The van der Waals surface area contributed by atoms with Crippen molar-refractivity contribution in [1.29, 1.82) is 0 Å². The van der Waals surface area contributed by atoms with Gasteiger partial charge in [0.15, 0.2) is 5.13 Å². The predicted molar refractivity (Wildman–Crippen MR) is 152 cm³/mol. The Morgan fingerprint density at radius 2 is 1.56 bits per heavy atom. The number of esters is 1. The quantitative estimate of drug-likeness (QED) is 0.243. The largest absolute Gasteiger partial charge is 0.462 e. The second-order valence-corrected chi connectivity index (χ2v) is 11.8. The number of sulfonamides is 1. The number of carbonyl (C=O) groups excluding carboxylic acids is 2. The van der Waals surface area contributed by atoms with E-state index in [0.29, 0.717) is 5.69 Å². The summed E-state index contributed by atoms with van der Waals surface area (Å²) in [4.78, 5) is 30.4. The van der Waals surface area contributed by atoms with Crippen molar-refractivity contribution in [2.75, 3.05) is 11.9 Å². The molecule has 3 aromatic carbocycles. The summed E-state index contributed by atoms with van der Waals surface area (Å²) in [5, 5.41) is 2.95. The summed E-state index contributed by atoms with van der Waals surface area (Å²) in [5.41, 5.74) is 2.27. The second kappa shape index (κ2) is 12.3. The molecule has 0 radical (unpaired) electrons. The van der Waals surface area contributed by atoms with Crippen LogP contribution in [0.5, 0.6) is 0 Å². The molecule has 1 amide bonds. The molecular weight excluding hydrogens is 534 g/mol. The van der Waals surface area contributed by atoms with Crippen molar-refractivity contribution in [3.8, 4) is 11.3 Å². The fourth-order valence-corrected chi connectivity index (χ4v) is 6.39. The average molecular weight is 564 g/mol. The maximum absolute atomic E-state index is 13.4. The van der Waals surface area contributed by atoms with E-state index in [1.54, 1.807) is 6.92 Å². The number of hydrogen-bond acceptors (Lipinski definition) is 7. The van der Waals surface area contributed by atoms with Gasteiger partial charge in [-0.3, -0.25) is 10.1 Å². The fourth-order valence-electron chi connectivity index (χ4n) is 3.89.